The maximum absolute atomic E-state index is 10.5. The minimum absolute atomic E-state index is 0.376. The van der Waals surface area contributed by atoms with Crippen molar-refractivity contribution < 1.29 is 5.11 Å². The van der Waals surface area contributed by atoms with E-state index in [9.17, 15) is 5.11 Å². The monoisotopic (exact) mass is 266 g/mol. The Bertz CT molecular complexity index is 419. The molecule has 2 heteroatoms. The van der Waals surface area contributed by atoms with Gasteiger partial charge in [0.05, 0.1) is 6.10 Å². The lowest BCUT2D eigenvalue weighted by atomic mass is 9.78. The number of aryl methyl sites for hydroxylation is 2. The lowest BCUT2D eigenvalue weighted by Gasteiger charge is -2.30. The Morgan fingerprint density at radius 2 is 1.67 bits per heavy atom. The van der Waals surface area contributed by atoms with Crippen LogP contribution >= 0.6 is 11.6 Å². The van der Waals surface area contributed by atoms with E-state index in [0.717, 1.165) is 24.3 Å². The van der Waals surface area contributed by atoms with Crippen LogP contribution in [0.5, 0.6) is 0 Å². The lowest BCUT2D eigenvalue weighted by molar-refractivity contribution is 0.0756. The first kappa shape index (κ1) is 13.9. The molecule has 0 saturated heterocycles. The van der Waals surface area contributed by atoms with Crippen molar-refractivity contribution in [2.75, 3.05) is 0 Å². The second kappa shape index (κ2) is 5.63. The molecule has 1 fully saturated rings. The van der Waals surface area contributed by atoms with Crippen molar-refractivity contribution in [2.24, 2.45) is 11.8 Å². The van der Waals surface area contributed by atoms with Crippen molar-refractivity contribution in [1.82, 2.24) is 0 Å². The van der Waals surface area contributed by atoms with Crippen molar-refractivity contribution in [3.05, 3.63) is 33.8 Å². The molecule has 1 aliphatic rings. The number of hydrogen-bond donors (Lipinski definition) is 1. The summed E-state index contributed by atoms with van der Waals surface area (Å²) in [7, 11) is 0. The topological polar surface area (TPSA) is 20.2 Å². The van der Waals surface area contributed by atoms with Crippen LogP contribution in [0.15, 0.2) is 12.1 Å². The molecule has 2 rings (SSSR count). The molecule has 0 spiro atoms. The van der Waals surface area contributed by atoms with Crippen LogP contribution in [0.2, 0.25) is 5.02 Å². The van der Waals surface area contributed by atoms with Crippen LogP contribution in [0.25, 0.3) is 0 Å². The van der Waals surface area contributed by atoms with E-state index >= 15 is 0 Å². The number of aliphatic hydroxyl groups excluding tert-OH is 1. The molecule has 0 aliphatic heterocycles. The molecule has 0 aromatic heterocycles. The van der Waals surface area contributed by atoms with Crippen LogP contribution in [-0.2, 0) is 0 Å². The molecule has 1 aliphatic carbocycles. The van der Waals surface area contributed by atoms with Crippen LogP contribution in [0.4, 0.5) is 0 Å². The number of benzene rings is 1. The maximum atomic E-state index is 10.5. The molecule has 1 aromatic rings. The van der Waals surface area contributed by atoms with Gasteiger partial charge in [-0.3, -0.25) is 0 Å². The van der Waals surface area contributed by atoms with E-state index in [0.29, 0.717) is 10.9 Å². The van der Waals surface area contributed by atoms with Crippen LogP contribution in [-0.4, -0.2) is 5.11 Å². The molecule has 1 atom stereocenters. The quantitative estimate of drug-likeness (QED) is 0.814. The van der Waals surface area contributed by atoms with Gasteiger partial charge in [-0.1, -0.05) is 37.4 Å². The fraction of sp³-hybridized carbons (Fsp3) is 0.625. The number of rotatable bonds is 2. The normalized spacial score (nSPS) is 26.1. The Kier molecular flexibility index (Phi) is 4.34. The van der Waals surface area contributed by atoms with E-state index in [-0.39, 0.29) is 0 Å². The highest BCUT2D eigenvalue weighted by atomic mass is 35.5. The molecule has 18 heavy (non-hydrogen) atoms. The molecule has 1 N–H and O–H groups in total. The molecule has 0 amide bonds. The highest BCUT2D eigenvalue weighted by molar-refractivity contribution is 6.31. The van der Waals surface area contributed by atoms with Gasteiger partial charge in [-0.25, -0.2) is 0 Å². The van der Waals surface area contributed by atoms with Crippen molar-refractivity contribution >= 4 is 11.6 Å². The van der Waals surface area contributed by atoms with Crippen LogP contribution in [0.3, 0.4) is 0 Å². The molecule has 0 heterocycles. The molecule has 1 aromatic carbocycles. The maximum Gasteiger partial charge on any atom is 0.0832 e. The summed E-state index contributed by atoms with van der Waals surface area (Å²) in [6.45, 7) is 6.43. The Morgan fingerprint density at radius 1 is 1.11 bits per heavy atom. The number of hydrogen-bond acceptors (Lipinski definition) is 1. The number of aliphatic hydroxyl groups is 1. The van der Waals surface area contributed by atoms with Gasteiger partial charge < -0.3 is 5.11 Å². The fourth-order valence-corrected chi connectivity index (χ4v) is 3.22. The van der Waals surface area contributed by atoms with E-state index in [4.69, 9.17) is 11.6 Å². The van der Waals surface area contributed by atoms with Gasteiger partial charge >= 0.3 is 0 Å². The summed E-state index contributed by atoms with van der Waals surface area (Å²) in [6, 6.07) is 4.03. The summed E-state index contributed by atoms with van der Waals surface area (Å²) in [5, 5.41) is 11.3. The third-order valence-corrected chi connectivity index (χ3v) is 4.77. The van der Waals surface area contributed by atoms with Gasteiger partial charge in [0.1, 0.15) is 0 Å². The first-order valence-electron chi connectivity index (χ1n) is 6.93. The van der Waals surface area contributed by atoms with Crippen molar-refractivity contribution in [3.63, 3.8) is 0 Å². The minimum Gasteiger partial charge on any atom is -0.388 e. The SMILES string of the molecule is Cc1cc(Cl)c(C(O)C2CCC(C)CC2)cc1C. The summed E-state index contributed by atoms with van der Waals surface area (Å²) >= 11 is 6.28. The zero-order valence-electron chi connectivity index (χ0n) is 11.5. The van der Waals surface area contributed by atoms with Gasteiger partial charge in [0.15, 0.2) is 0 Å². The average Bonchev–Trinajstić information content (AvgIpc) is 2.34. The summed E-state index contributed by atoms with van der Waals surface area (Å²) in [4.78, 5) is 0. The third-order valence-electron chi connectivity index (χ3n) is 4.44. The Labute approximate surface area is 115 Å². The van der Waals surface area contributed by atoms with E-state index in [2.05, 4.69) is 26.8 Å². The third kappa shape index (κ3) is 2.89. The van der Waals surface area contributed by atoms with Gasteiger partial charge in [0.25, 0.3) is 0 Å². The highest BCUT2D eigenvalue weighted by Gasteiger charge is 2.27. The van der Waals surface area contributed by atoms with Gasteiger partial charge in [-0.05, 0) is 61.3 Å². The van der Waals surface area contributed by atoms with Crippen LogP contribution in [0.1, 0.15) is 55.4 Å². The van der Waals surface area contributed by atoms with Crippen molar-refractivity contribution in [2.45, 2.75) is 52.6 Å². The fourth-order valence-electron chi connectivity index (χ4n) is 2.89. The van der Waals surface area contributed by atoms with Crippen molar-refractivity contribution in [3.8, 4) is 0 Å². The van der Waals surface area contributed by atoms with Crippen LogP contribution < -0.4 is 0 Å². The first-order chi connectivity index (χ1) is 8.49. The summed E-state index contributed by atoms with van der Waals surface area (Å²) < 4.78 is 0. The Morgan fingerprint density at radius 3 is 2.28 bits per heavy atom. The standard InChI is InChI=1S/C16H23ClO/c1-10-4-6-13(7-5-10)16(18)14-8-11(2)12(3)9-15(14)17/h8-10,13,16,18H,4-7H2,1-3H3. The van der Waals surface area contributed by atoms with Crippen LogP contribution in [0, 0.1) is 25.7 Å². The van der Waals surface area contributed by atoms with Crippen molar-refractivity contribution in [1.29, 1.82) is 0 Å². The molecule has 1 nitrogen and oxygen atoms in total. The smallest absolute Gasteiger partial charge is 0.0832 e. The Hall–Kier alpha value is -0.530. The molecular weight excluding hydrogens is 244 g/mol. The van der Waals surface area contributed by atoms with E-state index in [1.165, 1.54) is 24.0 Å². The van der Waals surface area contributed by atoms with Gasteiger partial charge in [-0.2, -0.15) is 0 Å². The molecule has 1 unspecified atom stereocenters. The zero-order chi connectivity index (χ0) is 13.3. The first-order valence-corrected chi connectivity index (χ1v) is 7.31. The van der Waals surface area contributed by atoms with E-state index in [1.807, 2.05) is 6.07 Å². The second-order valence-corrected chi connectivity index (χ2v) is 6.33. The van der Waals surface area contributed by atoms with E-state index < -0.39 is 6.10 Å². The molecule has 0 bridgehead atoms. The molecule has 0 radical (unpaired) electrons. The summed E-state index contributed by atoms with van der Waals surface area (Å²) in [5.41, 5.74) is 3.31. The zero-order valence-corrected chi connectivity index (χ0v) is 12.3. The van der Waals surface area contributed by atoms with Gasteiger partial charge in [0, 0.05) is 5.02 Å². The van der Waals surface area contributed by atoms with Gasteiger partial charge in [-0.15, -0.1) is 0 Å². The predicted molar refractivity (Wildman–Crippen MR) is 77.0 cm³/mol. The number of halogens is 1. The summed E-state index contributed by atoms with van der Waals surface area (Å²) in [5.74, 6) is 1.18. The average molecular weight is 267 g/mol. The largest absolute Gasteiger partial charge is 0.388 e. The van der Waals surface area contributed by atoms with Gasteiger partial charge in [0.2, 0.25) is 0 Å². The minimum atomic E-state index is -0.399. The predicted octanol–water partition coefficient (Wildman–Crippen LogP) is 4.82. The lowest BCUT2D eigenvalue weighted by Crippen LogP contribution is -2.19. The molecule has 100 valence electrons. The highest BCUT2D eigenvalue weighted by Crippen LogP contribution is 2.39. The molecule has 1 saturated carbocycles. The van der Waals surface area contributed by atoms with E-state index in [1.54, 1.807) is 0 Å². The molecular formula is C16H23ClO. The Balaban J connectivity index is 2.18. The summed E-state index contributed by atoms with van der Waals surface area (Å²) in [6.07, 6.45) is 4.29. The second-order valence-electron chi connectivity index (χ2n) is 5.92.